The summed E-state index contributed by atoms with van der Waals surface area (Å²) in [6.07, 6.45) is 3.79. The zero-order valence-corrected chi connectivity index (χ0v) is 22.0. The number of thiazole rings is 1. The Morgan fingerprint density at radius 1 is 1.41 bits per heavy atom. The first kappa shape index (κ1) is 26.4. The van der Waals surface area contributed by atoms with Crippen molar-refractivity contribution in [1.82, 2.24) is 19.7 Å². The van der Waals surface area contributed by atoms with E-state index in [0.29, 0.717) is 49.7 Å². The molecule has 3 heterocycles. The number of anilines is 1. The number of amides is 1. The van der Waals surface area contributed by atoms with Crippen molar-refractivity contribution in [3.8, 4) is 10.6 Å². The van der Waals surface area contributed by atoms with E-state index in [2.05, 4.69) is 27.1 Å². The quantitative estimate of drug-likeness (QED) is 0.374. The van der Waals surface area contributed by atoms with Crippen LogP contribution in [0.25, 0.3) is 16.3 Å². The second-order valence-electron chi connectivity index (χ2n) is 8.72. The number of hydrogen-bond donors (Lipinski definition) is 2. The molecule has 3 aromatic rings. The van der Waals surface area contributed by atoms with Gasteiger partial charge in [0, 0.05) is 50.3 Å². The maximum absolute atomic E-state index is 12.5. The first-order chi connectivity index (χ1) is 17.9. The van der Waals surface area contributed by atoms with Crippen LogP contribution in [0.2, 0.25) is 0 Å². The minimum absolute atomic E-state index is 0.283. The van der Waals surface area contributed by atoms with Crippen molar-refractivity contribution in [2.45, 2.75) is 25.5 Å². The number of aliphatic hydroxyl groups is 1. The lowest BCUT2D eigenvalue weighted by Crippen LogP contribution is -2.36. The molecule has 2 N–H and O–H groups in total. The Labute approximate surface area is 220 Å². The van der Waals surface area contributed by atoms with Gasteiger partial charge in [0.15, 0.2) is 5.60 Å². The van der Waals surface area contributed by atoms with E-state index in [1.165, 1.54) is 11.3 Å². The summed E-state index contributed by atoms with van der Waals surface area (Å²) in [6.45, 7) is 7.73. The standard InChI is InChI=1S/C26H31N7O3S/c1-18-14-23(33(31-18)12-13-36-4)29-17-28-10-8-21(27-2)22-16-37-24(30-22)19-6-5-7-20(15-19)26(35)9-11-32(3)25(26)34/h5-8,10,14-16,29,35H,2,9,11-13,17H2,1,3-4H3/b21-8-,28-10-/t26-/m1/s1. The van der Waals surface area contributed by atoms with Gasteiger partial charge in [0.25, 0.3) is 5.91 Å². The van der Waals surface area contributed by atoms with Crippen LogP contribution < -0.4 is 5.32 Å². The third kappa shape index (κ3) is 5.85. The van der Waals surface area contributed by atoms with Crippen LogP contribution in [-0.2, 0) is 21.7 Å². The summed E-state index contributed by atoms with van der Waals surface area (Å²) in [5, 5.41) is 21.3. The number of allylic oxidation sites excluding steroid dienone is 1. The third-order valence-electron chi connectivity index (χ3n) is 6.13. The van der Waals surface area contributed by atoms with Crippen LogP contribution >= 0.6 is 11.3 Å². The van der Waals surface area contributed by atoms with Crippen molar-refractivity contribution in [1.29, 1.82) is 0 Å². The molecule has 1 aliphatic rings. The van der Waals surface area contributed by atoms with Gasteiger partial charge < -0.3 is 20.1 Å². The average molecular weight is 522 g/mol. The maximum Gasteiger partial charge on any atom is 0.258 e. The van der Waals surface area contributed by atoms with Crippen molar-refractivity contribution >= 4 is 41.7 Å². The van der Waals surface area contributed by atoms with Crippen molar-refractivity contribution in [2.24, 2.45) is 9.98 Å². The Bertz CT molecular complexity index is 1330. The molecular formula is C26H31N7O3S. The van der Waals surface area contributed by atoms with Crippen LogP contribution in [0.5, 0.6) is 0 Å². The summed E-state index contributed by atoms with van der Waals surface area (Å²) in [5.74, 6) is 0.591. The minimum Gasteiger partial charge on any atom is -0.383 e. The summed E-state index contributed by atoms with van der Waals surface area (Å²) in [7, 11) is 3.36. The van der Waals surface area contributed by atoms with Crippen LogP contribution in [0.15, 0.2) is 51.8 Å². The van der Waals surface area contributed by atoms with Gasteiger partial charge in [-0.15, -0.1) is 11.3 Å². The van der Waals surface area contributed by atoms with E-state index >= 15 is 0 Å². The summed E-state index contributed by atoms with van der Waals surface area (Å²) in [6, 6.07) is 9.32. The molecule has 0 spiro atoms. The molecule has 1 saturated heterocycles. The molecule has 10 nitrogen and oxygen atoms in total. The smallest absolute Gasteiger partial charge is 0.258 e. The molecule has 0 radical (unpaired) electrons. The number of hydrogen-bond acceptors (Lipinski definition) is 9. The molecule has 2 aromatic heterocycles. The lowest BCUT2D eigenvalue weighted by molar-refractivity contribution is -0.143. The molecule has 1 amide bonds. The summed E-state index contributed by atoms with van der Waals surface area (Å²) in [4.78, 5) is 27.3. The molecular weight excluding hydrogens is 490 g/mol. The second-order valence-corrected chi connectivity index (χ2v) is 9.58. The topological polar surface area (TPSA) is 117 Å². The normalized spacial score (nSPS) is 18.2. The van der Waals surface area contributed by atoms with Gasteiger partial charge in [0.1, 0.15) is 23.2 Å². The highest BCUT2D eigenvalue weighted by Gasteiger charge is 2.45. The number of nitrogens with zero attached hydrogens (tertiary/aromatic N) is 6. The third-order valence-corrected chi connectivity index (χ3v) is 7.02. The number of nitrogens with one attached hydrogen (secondary N) is 1. The number of ether oxygens (including phenoxy) is 1. The van der Waals surface area contributed by atoms with Gasteiger partial charge in [0.2, 0.25) is 0 Å². The number of methoxy groups -OCH3 is 1. The number of rotatable bonds is 11. The van der Waals surface area contributed by atoms with Gasteiger partial charge in [-0.25, -0.2) is 9.67 Å². The van der Waals surface area contributed by atoms with Gasteiger partial charge >= 0.3 is 0 Å². The Kier molecular flexibility index (Phi) is 8.27. The van der Waals surface area contributed by atoms with E-state index in [1.54, 1.807) is 37.4 Å². The molecule has 4 rings (SSSR count). The maximum atomic E-state index is 12.5. The van der Waals surface area contributed by atoms with E-state index < -0.39 is 5.60 Å². The van der Waals surface area contributed by atoms with Crippen LogP contribution in [0.1, 0.15) is 23.4 Å². The first-order valence-electron chi connectivity index (χ1n) is 11.8. The molecule has 1 aromatic carbocycles. The zero-order valence-electron chi connectivity index (χ0n) is 21.2. The van der Waals surface area contributed by atoms with Gasteiger partial charge in [-0.1, -0.05) is 18.2 Å². The summed E-state index contributed by atoms with van der Waals surface area (Å²) in [5.41, 5.74) is 2.08. The summed E-state index contributed by atoms with van der Waals surface area (Å²) < 4.78 is 6.98. The van der Waals surface area contributed by atoms with Gasteiger partial charge in [-0.3, -0.25) is 14.8 Å². The van der Waals surface area contributed by atoms with Gasteiger partial charge in [0.05, 0.1) is 24.5 Å². The van der Waals surface area contributed by atoms with Gasteiger partial charge in [-0.2, -0.15) is 5.10 Å². The van der Waals surface area contributed by atoms with Crippen molar-refractivity contribution in [2.75, 3.05) is 39.3 Å². The predicted octanol–water partition coefficient (Wildman–Crippen LogP) is 3.19. The number of aliphatic imine (C=N–C) groups is 2. The number of carbonyl (C=O) groups excluding carboxylic acids is 1. The lowest BCUT2D eigenvalue weighted by atomic mass is 9.91. The number of aryl methyl sites for hydroxylation is 1. The summed E-state index contributed by atoms with van der Waals surface area (Å²) >= 11 is 1.46. The largest absolute Gasteiger partial charge is 0.383 e. The Morgan fingerprint density at radius 3 is 2.97 bits per heavy atom. The van der Waals surface area contributed by atoms with E-state index in [-0.39, 0.29) is 5.91 Å². The highest BCUT2D eigenvalue weighted by Crippen LogP contribution is 2.35. The predicted molar refractivity (Wildman–Crippen MR) is 147 cm³/mol. The Balaban J connectivity index is 1.43. The fraction of sp³-hybridized carbons (Fsp3) is 0.346. The molecule has 0 unspecified atom stereocenters. The van der Waals surface area contributed by atoms with Crippen molar-refractivity contribution < 1.29 is 14.6 Å². The van der Waals surface area contributed by atoms with Crippen LogP contribution in [0.4, 0.5) is 5.82 Å². The number of aromatic nitrogens is 3. The fourth-order valence-electron chi connectivity index (χ4n) is 4.11. The molecule has 0 saturated carbocycles. The number of likely N-dealkylation sites (N-methyl/N-ethyl adjacent to an activating group) is 1. The molecule has 0 aliphatic carbocycles. The first-order valence-corrected chi connectivity index (χ1v) is 12.7. The minimum atomic E-state index is -1.50. The highest BCUT2D eigenvalue weighted by molar-refractivity contribution is 7.13. The average Bonchev–Trinajstić information content (AvgIpc) is 3.60. The highest BCUT2D eigenvalue weighted by atomic mass is 32.1. The number of likely N-dealkylation sites (tertiary alicyclic amines) is 1. The monoisotopic (exact) mass is 521 g/mol. The molecule has 37 heavy (non-hydrogen) atoms. The Morgan fingerprint density at radius 2 is 2.24 bits per heavy atom. The number of benzene rings is 1. The second kappa shape index (κ2) is 11.6. The van der Waals surface area contributed by atoms with Crippen molar-refractivity contribution in [3.63, 3.8) is 0 Å². The lowest BCUT2D eigenvalue weighted by Gasteiger charge is -2.21. The van der Waals surface area contributed by atoms with E-state index in [4.69, 9.17) is 9.72 Å². The Hall–Kier alpha value is -3.67. The molecule has 11 heteroatoms. The van der Waals surface area contributed by atoms with Crippen LogP contribution in [0, 0.1) is 6.92 Å². The number of carbonyl (C=O) groups is 1. The van der Waals surface area contributed by atoms with Crippen LogP contribution in [0.3, 0.4) is 0 Å². The molecule has 1 aliphatic heterocycles. The fourth-order valence-corrected chi connectivity index (χ4v) is 4.92. The van der Waals surface area contributed by atoms with E-state index in [1.807, 2.05) is 41.3 Å². The molecule has 1 atom stereocenters. The van der Waals surface area contributed by atoms with Gasteiger partial charge in [-0.05, 0) is 31.3 Å². The SMILES string of the molecule is C=N/C(=C\C=N/CNc1cc(C)nn1CCOC)c1csc(-c2cccc([C@]3(O)CCN(C)C3=O)c2)n1. The molecule has 194 valence electrons. The zero-order chi connectivity index (χ0) is 26.4. The van der Waals surface area contributed by atoms with E-state index in [9.17, 15) is 9.90 Å². The van der Waals surface area contributed by atoms with E-state index in [0.717, 1.165) is 22.1 Å². The molecule has 1 fully saturated rings. The van der Waals surface area contributed by atoms with Crippen molar-refractivity contribution in [3.05, 3.63) is 58.7 Å². The van der Waals surface area contributed by atoms with Crippen LogP contribution in [-0.4, -0.2) is 77.6 Å². The molecule has 0 bridgehead atoms.